The molecule has 2 N–H and O–H groups in total. The van der Waals surface area contributed by atoms with E-state index in [1.54, 1.807) is 0 Å². The molecule has 0 aliphatic heterocycles. The standard InChI is InChI=1S/C16H9Cl2F2NO3/c17-12-6-13(18)14(20)5-10(12)15(22)11(16(23)24)7-21-9-3-1-8(19)2-4-9/h1-7,21H,(H,23,24)/b11-7-. The summed E-state index contributed by atoms with van der Waals surface area (Å²) < 4.78 is 26.3. The summed E-state index contributed by atoms with van der Waals surface area (Å²) in [5, 5.41) is 11.3. The van der Waals surface area contributed by atoms with Gasteiger partial charge in [-0.25, -0.2) is 13.6 Å². The third-order valence-corrected chi connectivity index (χ3v) is 3.56. The van der Waals surface area contributed by atoms with E-state index in [4.69, 9.17) is 23.2 Å². The van der Waals surface area contributed by atoms with Crippen LogP contribution in [0.1, 0.15) is 10.4 Å². The largest absolute Gasteiger partial charge is 0.477 e. The first-order valence-electron chi connectivity index (χ1n) is 6.44. The van der Waals surface area contributed by atoms with Crippen LogP contribution in [0.3, 0.4) is 0 Å². The van der Waals surface area contributed by atoms with Crippen molar-refractivity contribution in [2.45, 2.75) is 0 Å². The number of carbonyl (C=O) groups excluding carboxylic acids is 1. The maximum Gasteiger partial charge on any atom is 0.341 e. The summed E-state index contributed by atoms with van der Waals surface area (Å²) in [5.41, 5.74) is -0.660. The normalized spacial score (nSPS) is 11.2. The molecule has 0 saturated heterocycles. The van der Waals surface area contributed by atoms with Gasteiger partial charge in [0.15, 0.2) is 0 Å². The first kappa shape index (κ1) is 17.9. The Balaban J connectivity index is 2.35. The van der Waals surface area contributed by atoms with Gasteiger partial charge in [-0.3, -0.25) is 4.79 Å². The van der Waals surface area contributed by atoms with Crippen molar-refractivity contribution in [3.8, 4) is 0 Å². The third kappa shape index (κ3) is 4.10. The first-order valence-corrected chi connectivity index (χ1v) is 7.20. The van der Waals surface area contributed by atoms with Gasteiger partial charge in [0.1, 0.15) is 17.2 Å². The quantitative estimate of drug-likeness (QED) is 0.266. The average Bonchev–Trinajstić information content (AvgIpc) is 2.52. The number of nitrogens with one attached hydrogen (secondary N) is 1. The molecule has 4 nitrogen and oxygen atoms in total. The fourth-order valence-corrected chi connectivity index (χ4v) is 2.24. The minimum absolute atomic E-state index is 0.180. The highest BCUT2D eigenvalue weighted by Gasteiger charge is 2.23. The number of benzene rings is 2. The summed E-state index contributed by atoms with van der Waals surface area (Å²) in [4.78, 5) is 23.6. The lowest BCUT2D eigenvalue weighted by atomic mass is 10.0. The number of hydrogen-bond acceptors (Lipinski definition) is 3. The van der Waals surface area contributed by atoms with Crippen molar-refractivity contribution < 1.29 is 23.5 Å². The van der Waals surface area contributed by atoms with E-state index >= 15 is 0 Å². The van der Waals surface area contributed by atoms with Crippen molar-refractivity contribution >= 4 is 40.6 Å². The van der Waals surface area contributed by atoms with Crippen LogP contribution in [0.5, 0.6) is 0 Å². The number of anilines is 1. The number of ketones is 1. The van der Waals surface area contributed by atoms with E-state index in [1.165, 1.54) is 12.1 Å². The molecular weight excluding hydrogens is 363 g/mol. The van der Waals surface area contributed by atoms with E-state index in [0.717, 1.165) is 30.5 Å². The van der Waals surface area contributed by atoms with E-state index in [1.807, 2.05) is 0 Å². The highest BCUT2D eigenvalue weighted by molar-refractivity contribution is 6.39. The molecule has 0 atom stereocenters. The van der Waals surface area contributed by atoms with Gasteiger partial charge in [-0.2, -0.15) is 0 Å². The summed E-state index contributed by atoms with van der Waals surface area (Å²) in [6.45, 7) is 0. The minimum Gasteiger partial charge on any atom is -0.477 e. The predicted molar refractivity (Wildman–Crippen MR) is 86.5 cm³/mol. The lowest BCUT2D eigenvalue weighted by Crippen LogP contribution is -2.15. The Labute approximate surface area is 145 Å². The van der Waals surface area contributed by atoms with Crippen molar-refractivity contribution in [3.05, 3.63) is 75.4 Å². The molecule has 0 fully saturated rings. The molecule has 0 aromatic heterocycles. The predicted octanol–water partition coefficient (Wildman–Crippen LogP) is 4.53. The highest BCUT2D eigenvalue weighted by atomic mass is 35.5. The van der Waals surface area contributed by atoms with Crippen molar-refractivity contribution in [3.63, 3.8) is 0 Å². The van der Waals surface area contributed by atoms with Gasteiger partial charge in [-0.05, 0) is 36.4 Å². The molecule has 124 valence electrons. The molecule has 2 rings (SSSR count). The number of Topliss-reactive ketones (excluding diaryl/α,β-unsaturated/α-hetero) is 1. The average molecular weight is 372 g/mol. The van der Waals surface area contributed by atoms with Crippen molar-refractivity contribution in [2.75, 3.05) is 5.32 Å². The van der Waals surface area contributed by atoms with Crippen LogP contribution in [-0.2, 0) is 4.79 Å². The first-order chi connectivity index (χ1) is 11.3. The molecule has 2 aromatic carbocycles. The van der Waals surface area contributed by atoms with Gasteiger partial charge < -0.3 is 10.4 Å². The molecule has 0 amide bonds. The molecule has 0 spiro atoms. The number of hydrogen-bond donors (Lipinski definition) is 2. The van der Waals surface area contributed by atoms with E-state index in [9.17, 15) is 23.5 Å². The monoisotopic (exact) mass is 371 g/mol. The van der Waals surface area contributed by atoms with E-state index < -0.39 is 29.0 Å². The Morgan fingerprint density at radius 1 is 1.04 bits per heavy atom. The molecule has 8 heteroatoms. The Bertz CT molecular complexity index is 836. The smallest absolute Gasteiger partial charge is 0.341 e. The zero-order chi connectivity index (χ0) is 17.9. The molecule has 0 unspecified atom stereocenters. The van der Waals surface area contributed by atoms with E-state index in [0.29, 0.717) is 5.69 Å². The van der Waals surface area contributed by atoms with Gasteiger partial charge in [0.25, 0.3) is 0 Å². The zero-order valence-corrected chi connectivity index (χ0v) is 13.3. The van der Waals surface area contributed by atoms with Crippen LogP contribution in [0.15, 0.2) is 48.2 Å². The molecule has 0 aliphatic carbocycles. The van der Waals surface area contributed by atoms with E-state index in [-0.39, 0.29) is 15.6 Å². The van der Waals surface area contributed by atoms with Crippen LogP contribution >= 0.6 is 23.2 Å². The maximum absolute atomic E-state index is 13.5. The van der Waals surface area contributed by atoms with Crippen LogP contribution < -0.4 is 5.32 Å². The van der Waals surface area contributed by atoms with Gasteiger partial charge in [0, 0.05) is 17.5 Å². The van der Waals surface area contributed by atoms with E-state index in [2.05, 4.69) is 5.32 Å². The third-order valence-electron chi connectivity index (χ3n) is 2.96. The van der Waals surface area contributed by atoms with Crippen LogP contribution in [0, 0.1) is 11.6 Å². The summed E-state index contributed by atoms with van der Waals surface area (Å²) in [5.74, 6) is -3.91. The van der Waals surface area contributed by atoms with Crippen LogP contribution in [0.25, 0.3) is 0 Å². The molecule has 0 bridgehead atoms. The fraction of sp³-hybridized carbons (Fsp3) is 0. The number of rotatable bonds is 5. The molecule has 0 heterocycles. The Kier molecular flexibility index (Phi) is 5.54. The van der Waals surface area contributed by atoms with Crippen molar-refractivity contribution in [1.82, 2.24) is 0 Å². The number of halogens is 4. The van der Waals surface area contributed by atoms with Crippen molar-refractivity contribution in [1.29, 1.82) is 0 Å². The van der Waals surface area contributed by atoms with Gasteiger partial charge in [-0.15, -0.1) is 0 Å². The second kappa shape index (κ2) is 7.42. The molecule has 0 radical (unpaired) electrons. The summed E-state index contributed by atoms with van der Waals surface area (Å²) in [7, 11) is 0. The SMILES string of the molecule is O=C(O)/C(=C\Nc1ccc(F)cc1)C(=O)c1cc(F)c(Cl)cc1Cl. The number of carbonyl (C=O) groups is 2. The second-order valence-corrected chi connectivity index (χ2v) is 5.40. The number of carboxylic acids is 1. The zero-order valence-electron chi connectivity index (χ0n) is 11.8. The lowest BCUT2D eigenvalue weighted by molar-refractivity contribution is -0.132. The second-order valence-electron chi connectivity index (χ2n) is 4.59. The summed E-state index contributed by atoms with van der Waals surface area (Å²) >= 11 is 11.4. The van der Waals surface area contributed by atoms with Gasteiger partial charge in [0.05, 0.1) is 10.0 Å². The molecule has 24 heavy (non-hydrogen) atoms. The summed E-state index contributed by atoms with van der Waals surface area (Å²) in [6.07, 6.45) is 0.917. The van der Waals surface area contributed by atoms with Gasteiger partial charge >= 0.3 is 5.97 Å². The molecule has 0 aliphatic rings. The molecular formula is C16H9Cl2F2NO3. The number of carboxylic acid groups (broad SMARTS) is 1. The van der Waals surface area contributed by atoms with Gasteiger partial charge in [-0.1, -0.05) is 23.2 Å². The lowest BCUT2D eigenvalue weighted by Gasteiger charge is -2.07. The van der Waals surface area contributed by atoms with Gasteiger partial charge in [0.2, 0.25) is 5.78 Å². The Hall–Kier alpha value is -2.44. The Morgan fingerprint density at radius 2 is 1.67 bits per heavy atom. The number of aliphatic carboxylic acids is 1. The van der Waals surface area contributed by atoms with Crippen LogP contribution in [-0.4, -0.2) is 16.9 Å². The highest BCUT2D eigenvalue weighted by Crippen LogP contribution is 2.26. The van der Waals surface area contributed by atoms with Crippen LogP contribution in [0.2, 0.25) is 10.0 Å². The summed E-state index contributed by atoms with van der Waals surface area (Å²) in [6, 6.07) is 6.80. The van der Waals surface area contributed by atoms with Crippen molar-refractivity contribution in [2.24, 2.45) is 0 Å². The Morgan fingerprint density at radius 3 is 2.25 bits per heavy atom. The minimum atomic E-state index is -1.54. The molecule has 0 saturated carbocycles. The topological polar surface area (TPSA) is 66.4 Å². The fourth-order valence-electron chi connectivity index (χ4n) is 1.77. The maximum atomic E-state index is 13.5. The molecule has 2 aromatic rings. The van der Waals surface area contributed by atoms with Crippen LogP contribution in [0.4, 0.5) is 14.5 Å².